The third-order valence-electron chi connectivity index (χ3n) is 4.13. The molecule has 0 aliphatic carbocycles. The fourth-order valence-corrected chi connectivity index (χ4v) is 3.01. The van der Waals surface area contributed by atoms with Gasteiger partial charge in [0, 0.05) is 12.1 Å². The first kappa shape index (κ1) is 26.2. The molecule has 0 fully saturated rings. The second-order valence-corrected chi connectivity index (χ2v) is 9.70. The Labute approximate surface area is 186 Å². The van der Waals surface area contributed by atoms with E-state index in [9.17, 15) is 14.4 Å². The Hall–Kier alpha value is -2.83. The molecule has 172 valence electrons. The van der Waals surface area contributed by atoms with Crippen molar-refractivity contribution >= 4 is 17.9 Å². The van der Waals surface area contributed by atoms with E-state index >= 15 is 0 Å². The molecule has 0 saturated heterocycles. The Kier molecular flexibility index (Phi) is 8.85. The molecule has 0 aliphatic rings. The number of rotatable bonds is 7. The van der Waals surface area contributed by atoms with Crippen molar-refractivity contribution in [1.82, 2.24) is 15.5 Å². The fraction of sp³-hybridized carbons (Fsp3) is 0.542. The molecule has 7 heteroatoms. The lowest BCUT2D eigenvalue weighted by molar-refractivity contribution is -0.142. The summed E-state index contributed by atoms with van der Waals surface area (Å²) in [7, 11) is 0. The zero-order valence-electron chi connectivity index (χ0n) is 20.0. The molecule has 1 aromatic carbocycles. The smallest absolute Gasteiger partial charge is 0.408 e. The van der Waals surface area contributed by atoms with Crippen LogP contribution in [0.2, 0.25) is 0 Å². The van der Waals surface area contributed by atoms with Crippen molar-refractivity contribution in [2.45, 2.75) is 78.6 Å². The number of hydrogen-bond donors (Lipinski definition) is 2. The highest BCUT2D eigenvalue weighted by Crippen LogP contribution is 2.24. The van der Waals surface area contributed by atoms with Crippen molar-refractivity contribution in [3.05, 3.63) is 48.0 Å². The molecule has 0 aromatic heterocycles. The Bertz CT molecular complexity index is 806. The van der Waals surface area contributed by atoms with Gasteiger partial charge < -0.3 is 20.3 Å². The highest BCUT2D eigenvalue weighted by atomic mass is 16.6. The van der Waals surface area contributed by atoms with Crippen LogP contribution in [0.3, 0.4) is 0 Å². The van der Waals surface area contributed by atoms with Crippen molar-refractivity contribution in [2.75, 3.05) is 6.54 Å². The van der Waals surface area contributed by atoms with E-state index in [0.29, 0.717) is 5.56 Å². The maximum absolute atomic E-state index is 13.3. The molecule has 0 radical (unpaired) electrons. The number of hydrogen-bond acceptors (Lipinski definition) is 4. The number of benzene rings is 1. The van der Waals surface area contributed by atoms with Crippen molar-refractivity contribution in [1.29, 1.82) is 0 Å². The molecular weight excluding hydrogens is 394 g/mol. The minimum Gasteiger partial charge on any atom is -0.444 e. The first-order valence-electron chi connectivity index (χ1n) is 10.4. The second-order valence-electron chi connectivity index (χ2n) is 9.70. The van der Waals surface area contributed by atoms with Gasteiger partial charge in [-0.15, -0.1) is 6.58 Å². The van der Waals surface area contributed by atoms with E-state index in [1.165, 1.54) is 4.90 Å². The zero-order valence-corrected chi connectivity index (χ0v) is 20.0. The number of carbonyl (C=O) groups is 3. The van der Waals surface area contributed by atoms with Gasteiger partial charge in [-0.25, -0.2) is 4.79 Å². The highest BCUT2D eigenvalue weighted by Gasteiger charge is 2.35. The third-order valence-corrected chi connectivity index (χ3v) is 4.13. The standard InChI is InChI=1S/C24H37N3O4/c1-10-14-27(21(29)17(3)25-22(30)31-24(7,8)9)19(20(28)26-23(4,5)6)18-13-11-12-16(2)15-18/h10-13,15,17,19H,1,14H2,2-9H3,(H,25,30)(H,26,28). The Morgan fingerprint density at radius 1 is 1.16 bits per heavy atom. The van der Waals surface area contributed by atoms with E-state index in [-0.39, 0.29) is 12.5 Å². The predicted molar refractivity (Wildman–Crippen MR) is 123 cm³/mol. The summed E-state index contributed by atoms with van der Waals surface area (Å²) in [4.78, 5) is 40.2. The minimum atomic E-state index is -0.899. The Morgan fingerprint density at radius 3 is 2.26 bits per heavy atom. The number of carbonyl (C=O) groups excluding carboxylic acids is 3. The summed E-state index contributed by atoms with van der Waals surface area (Å²) in [5.74, 6) is -0.723. The van der Waals surface area contributed by atoms with Crippen LogP contribution in [-0.2, 0) is 14.3 Å². The van der Waals surface area contributed by atoms with E-state index in [1.807, 2.05) is 52.0 Å². The van der Waals surface area contributed by atoms with Crippen LogP contribution in [0.5, 0.6) is 0 Å². The van der Waals surface area contributed by atoms with Gasteiger partial charge in [0.1, 0.15) is 17.7 Å². The molecule has 0 saturated carbocycles. The minimum absolute atomic E-state index is 0.134. The average Bonchev–Trinajstić information content (AvgIpc) is 2.57. The van der Waals surface area contributed by atoms with Gasteiger partial charge in [0.05, 0.1) is 0 Å². The molecule has 31 heavy (non-hydrogen) atoms. The molecule has 1 rings (SSSR count). The highest BCUT2D eigenvalue weighted by molar-refractivity contribution is 5.92. The fourth-order valence-electron chi connectivity index (χ4n) is 3.01. The van der Waals surface area contributed by atoms with Crippen LogP contribution in [0.25, 0.3) is 0 Å². The molecule has 0 bridgehead atoms. The lowest BCUT2D eigenvalue weighted by atomic mass is 9.99. The molecule has 0 spiro atoms. The summed E-state index contributed by atoms with van der Waals surface area (Å²) in [5.41, 5.74) is 0.477. The summed E-state index contributed by atoms with van der Waals surface area (Å²) in [6.45, 7) is 18.2. The average molecular weight is 432 g/mol. The van der Waals surface area contributed by atoms with Crippen LogP contribution in [0.15, 0.2) is 36.9 Å². The lowest BCUT2D eigenvalue weighted by Crippen LogP contribution is -2.53. The Balaban J connectivity index is 3.28. The van der Waals surface area contributed by atoms with Crippen LogP contribution in [-0.4, -0.2) is 46.5 Å². The van der Waals surface area contributed by atoms with Gasteiger partial charge in [-0.2, -0.15) is 0 Å². The normalized spacial score (nSPS) is 13.5. The van der Waals surface area contributed by atoms with Crippen LogP contribution in [0.1, 0.15) is 65.6 Å². The van der Waals surface area contributed by atoms with Gasteiger partial charge in [0.2, 0.25) is 11.8 Å². The SMILES string of the molecule is C=CCN(C(=O)C(C)NC(=O)OC(C)(C)C)C(C(=O)NC(C)(C)C)c1cccc(C)c1. The molecular formula is C24H37N3O4. The summed E-state index contributed by atoms with van der Waals surface area (Å²) in [6, 6.07) is 5.68. The van der Waals surface area contributed by atoms with Crippen LogP contribution in [0, 0.1) is 6.92 Å². The van der Waals surface area contributed by atoms with Gasteiger partial charge >= 0.3 is 6.09 Å². The Morgan fingerprint density at radius 2 is 1.77 bits per heavy atom. The predicted octanol–water partition coefficient (Wildman–Crippen LogP) is 3.88. The van der Waals surface area contributed by atoms with Crippen molar-refractivity contribution in [2.24, 2.45) is 0 Å². The van der Waals surface area contributed by atoms with Gasteiger partial charge in [0.25, 0.3) is 0 Å². The number of nitrogens with zero attached hydrogens (tertiary/aromatic N) is 1. The number of ether oxygens (including phenoxy) is 1. The van der Waals surface area contributed by atoms with Gasteiger partial charge in [-0.3, -0.25) is 9.59 Å². The van der Waals surface area contributed by atoms with E-state index in [0.717, 1.165) is 5.56 Å². The monoisotopic (exact) mass is 431 g/mol. The molecule has 0 aliphatic heterocycles. The number of amides is 3. The van der Waals surface area contributed by atoms with Crippen molar-refractivity contribution < 1.29 is 19.1 Å². The number of alkyl carbamates (subject to hydrolysis) is 1. The quantitative estimate of drug-likeness (QED) is 0.642. The van der Waals surface area contributed by atoms with E-state index < -0.39 is 35.2 Å². The summed E-state index contributed by atoms with van der Waals surface area (Å²) >= 11 is 0. The first-order valence-corrected chi connectivity index (χ1v) is 10.4. The largest absolute Gasteiger partial charge is 0.444 e. The molecule has 2 N–H and O–H groups in total. The maximum Gasteiger partial charge on any atom is 0.408 e. The van der Waals surface area contributed by atoms with E-state index in [1.54, 1.807) is 33.8 Å². The topological polar surface area (TPSA) is 87.7 Å². The van der Waals surface area contributed by atoms with E-state index in [4.69, 9.17) is 4.74 Å². The van der Waals surface area contributed by atoms with Crippen molar-refractivity contribution in [3.63, 3.8) is 0 Å². The van der Waals surface area contributed by atoms with Gasteiger partial charge in [0.15, 0.2) is 0 Å². The summed E-state index contributed by atoms with van der Waals surface area (Å²) < 4.78 is 5.25. The van der Waals surface area contributed by atoms with Crippen LogP contribution in [0.4, 0.5) is 4.79 Å². The third kappa shape index (κ3) is 8.82. The van der Waals surface area contributed by atoms with E-state index in [2.05, 4.69) is 17.2 Å². The maximum atomic E-state index is 13.3. The second kappa shape index (κ2) is 10.5. The molecule has 2 unspecified atom stereocenters. The lowest BCUT2D eigenvalue weighted by Gasteiger charge is -2.34. The molecule has 2 atom stereocenters. The van der Waals surface area contributed by atoms with Crippen LogP contribution < -0.4 is 10.6 Å². The number of nitrogens with one attached hydrogen (secondary N) is 2. The molecule has 0 heterocycles. The van der Waals surface area contributed by atoms with Gasteiger partial charge in [-0.1, -0.05) is 35.9 Å². The first-order chi connectivity index (χ1) is 14.1. The summed E-state index contributed by atoms with van der Waals surface area (Å²) in [6.07, 6.45) is 0.865. The zero-order chi connectivity index (χ0) is 24.0. The van der Waals surface area contributed by atoms with Gasteiger partial charge in [-0.05, 0) is 61.0 Å². The van der Waals surface area contributed by atoms with Crippen LogP contribution >= 0.6 is 0 Å². The van der Waals surface area contributed by atoms with Crippen molar-refractivity contribution in [3.8, 4) is 0 Å². The summed E-state index contributed by atoms with van der Waals surface area (Å²) in [5, 5.41) is 5.52. The number of aryl methyl sites for hydroxylation is 1. The molecule has 3 amide bonds. The molecule has 1 aromatic rings. The molecule has 7 nitrogen and oxygen atoms in total.